The van der Waals surface area contributed by atoms with Crippen molar-refractivity contribution in [3.05, 3.63) is 54.4 Å². The van der Waals surface area contributed by atoms with Crippen LogP contribution in [0.5, 0.6) is 0 Å². The van der Waals surface area contributed by atoms with Crippen LogP contribution in [0.2, 0.25) is 0 Å². The van der Waals surface area contributed by atoms with Gasteiger partial charge >= 0.3 is 0 Å². The third kappa shape index (κ3) is 3.49. The second kappa shape index (κ2) is 6.83. The fourth-order valence-electron chi connectivity index (χ4n) is 3.04. The van der Waals surface area contributed by atoms with Gasteiger partial charge < -0.3 is 10.2 Å². The summed E-state index contributed by atoms with van der Waals surface area (Å²) in [7, 11) is 2.05. The lowest BCUT2D eigenvalue weighted by atomic mass is 10.0. The van der Waals surface area contributed by atoms with Crippen LogP contribution in [0.4, 0.5) is 0 Å². The molecule has 0 spiro atoms. The summed E-state index contributed by atoms with van der Waals surface area (Å²) in [5, 5.41) is 3.45. The van der Waals surface area contributed by atoms with Crippen LogP contribution >= 0.6 is 0 Å². The highest BCUT2D eigenvalue weighted by Gasteiger charge is 2.17. The van der Waals surface area contributed by atoms with Crippen molar-refractivity contribution in [3.8, 4) is 11.1 Å². The summed E-state index contributed by atoms with van der Waals surface area (Å²) in [4.78, 5) is 6.63. The number of nitrogens with one attached hydrogen (secondary N) is 1. The summed E-state index contributed by atoms with van der Waals surface area (Å²) >= 11 is 0. The van der Waals surface area contributed by atoms with Crippen molar-refractivity contribution in [2.75, 3.05) is 26.7 Å². The highest BCUT2D eigenvalue weighted by Crippen LogP contribution is 2.22. The van der Waals surface area contributed by atoms with Crippen molar-refractivity contribution in [2.24, 2.45) is 0 Å². The SMILES string of the molecule is CNC(CN1CCCC1)c1ccc(-c2ccncc2)cc1. The monoisotopic (exact) mass is 281 g/mol. The highest BCUT2D eigenvalue weighted by molar-refractivity contribution is 5.62. The Bertz CT molecular complexity index is 544. The van der Waals surface area contributed by atoms with E-state index in [-0.39, 0.29) is 0 Å². The molecule has 3 heteroatoms. The molecule has 1 N–H and O–H groups in total. The zero-order valence-corrected chi connectivity index (χ0v) is 12.6. The Balaban J connectivity index is 1.72. The summed E-state index contributed by atoms with van der Waals surface area (Å²) in [6, 6.07) is 13.4. The first kappa shape index (κ1) is 14.2. The molecule has 3 nitrogen and oxygen atoms in total. The van der Waals surface area contributed by atoms with Crippen LogP contribution in [-0.2, 0) is 0 Å². The first-order valence-electron chi connectivity index (χ1n) is 7.77. The fourth-order valence-corrected chi connectivity index (χ4v) is 3.04. The number of likely N-dealkylation sites (N-methyl/N-ethyl adjacent to an activating group) is 1. The molecule has 3 rings (SSSR count). The summed E-state index contributed by atoms with van der Waals surface area (Å²) in [5.41, 5.74) is 3.83. The van der Waals surface area contributed by atoms with Gasteiger partial charge in [0.05, 0.1) is 0 Å². The van der Waals surface area contributed by atoms with Crippen LogP contribution in [0.1, 0.15) is 24.4 Å². The molecule has 1 aromatic carbocycles. The van der Waals surface area contributed by atoms with Gasteiger partial charge in [0.1, 0.15) is 0 Å². The van der Waals surface area contributed by atoms with Crippen molar-refractivity contribution >= 4 is 0 Å². The van der Waals surface area contributed by atoms with Crippen LogP contribution in [0, 0.1) is 0 Å². The maximum absolute atomic E-state index is 4.07. The van der Waals surface area contributed by atoms with Gasteiger partial charge in [-0.1, -0.05) is 24.3 Å². The Morgan fingerprint density at radius 1 is 1.00 bits per heavy atom. The molecule has 0 saturated carbocycles. The third-order valence-corrected chi connectivity index (χ3v) is 4.31. The van der Waals surface area contributed by atoms with E-state index in [1.54, 1.807) is 0 Å². The van der Waals surface area contributed by atoms with E-state index in [1.165, 1.54) is 42.6 Å². The number of hydrogen-bond donors (Lipinski definition) is 1. The van der Waals surface area contributed by atoms with Crippen molar-refractivity contribution < 1.29 is 0 Å². The highest BCUT2D eigenvalue weighted by atomic mass is 15.2. The molecule has 110 valence electrons. The van der Waals surface area contributed by atoms with Crippen molar-refractivity contribution in [1.29, 1.82) is 0 Å². The number of rotatable bonds is 5. The van der Waals surface area contributed by atoms with Gasteiger partial charge in [0.15, 0.2) is 0 Å². The number of hydrogen-bond acceptors (Lipinski definition) is 3. The predicted octanol–water partition coefficient (Wildman–Crippen LogP) is 3.10. The number of pyridine rings is 1. The molecule has 2 aromatic rings. The summed E-state index contributed by atoms with van der Waals surface area (Å²) in [6.45, 7) is 3.59. The molecule has 0 radical (unpaired) electrons. The molecule has 1 aliphatic rings. The molecule has 1 fully saturated rings. The fraction of sp³-hybridized carbons (Fsp3) is 0.389. The molecule has 1 atom stereocenters. The average molecular weight is 281 g/mol. The van der Waals surface area contributed by atoms with E-state index in [2.05, 4.69) is 58.6 Å². The van der Waals surface area contributed by atoms with E-state index < -0.39 is 0 Å². The molecule has 1 aliphatic heterocycles. The first-order chi connectivity index (χ1) is 10.4. The van der Waals surface area contributed by atoms with E-state index in [9.17, 15) is 0 Å². The molecular formula is C18H23N3. The third-order valence-electron chi connectivity index (χ3n) is 4.31. The van der Waals surface area contributed by atoms with Crippen LogP contribution in [0.25, 0.3) is 11.1 Å². The normalized spacial score (nSPS) is 17.0. The lowest BCUT2D eigenvalue weighted by Crippen LogP contribution is -2.31. The minimum atomic E-state index is 0.412. The molecule has 1 unspecified atom stereocenters. The van der Waals surface area contributed by atoms with E-state index in [0.29, 0.717) is 6.04 Å². The number of likely N-dealkylation sites (tertiary alicyclic amines) is 1. The molecule has 0 aliphatic carbocycles. The minimum Gasteiger partial charge on any atom is -0.312 e. The molecule has 0 bridgehead atoms. The second-order valence-electron chi connectivity index (χ2n) is 5.71. The first-order valence-corrected chi connectivity index (χ1v) is 7.77. The Morgan fingerprint density at radius 3 is 2.24 bits per heavy atom. The molecular weight excluding hydrogens is 258 g/mol. The topological polar surface area (TPSA) is 28.2 Å². The maximum atomic E-state index is 4.07. The lowest BCUT2D eigenvalue weighted by Gasteiger charge is -2.23. The van der Waals surface area contributed by atoms with Gasteiger partial charge in [-0.15, -0.1) is 0 Å². The summed E-state index contributed by atoms with van der Waals surface area (Å²) < 4.78 is 0. The van der Waals surface area contributed by atoms with Gasteiger partial charge in [-0.05, 0) is 61.8 Å². The van der Waals surface area contributed by atoms with E-state index in [0.717, 1.165) is 6.54 Å². The number of benzene rings is 1. The zero-order chi connectivity index (χ0) is 14.5. The van der Waals surface area contributed by atoms with Gasteiger partial charge in [0.25, 0.3) is 0 Å². The predicted molar refractivity (Wildman–Crippen MR) is 87.1 cm³/mol. The lowest BCUT2D eigenvalue weighted by molar-refractivity contribution is 0.299. The maximum Gasteiger partial charge on any atom is 0.0446 e. The Labute approximate surface area is 127 Å². The summed E-state index contributed by atoms with van der Waals surface area (Å²) in [6.07, 6.45) is 6.37. The molecule has 1 saturated heterocycles. The van der Waals surface area contributed by atoms with E-state index >= 15 is 0 Å². The smallest absolute Gasteiger partial charge is 0.0446 e. The summed E-state index contributed by atoms with van der Waals surface area (Å²) in [5.74, 6) is 0. The molecule has 21 heavy (non-hydrogen) atoms. The quantitative estimate of drug-likeness (QED) is 0.913. The largest absolute Gasteiger partial charge is 0.312 e. The van der Waals surface area contributed by atoms with E-state index in [1.807, 2.05) is 12.4 Å². The second-order valence-corrected chi connectivity index (χ2v) is 5.71. The van der Waals surface area contributed by atoms with Gasteiger partial charge in [-0.25, -0.2) is 0 Å². The van der Waals surface area contributed by atoms with Crippen LogP contribution in [-0.4, -0.2) is 36.6 Å². The van der Waals surface area contributed by atoms with Gasteiger partial charge in [-0.2, -0.15) is 0 Å². The zero-order valence-electron chi connectivity index (χ0n) is 12.6. The van der Waals surface area contributed by atoms with Crippen molar-refractivity contribution in [1.82, 2.24) is 15.2 Å². The molecule has 1 aromatic heterocycles. The van der Waals surface area contributed by atoms with Gasteiger partial charge in [0.2, 0.25) is 0 Å². The Kier molecular flexibility index (Phi) is 4.63. The Morgan fingerprint density at radius 2 is 1.62 bits per heavy atom. The molecule has 0 amide bonds. The number of aromatic nitrogens is 1. The Hall–Kier alpha value is -1.71. The van der Waals surface area contributed by atoms with Gasteiger partial charge in [0, 0.05) is 25.0 Å². The standard InChI is InChI=1S/C18H23N3/c1-19-18(14-21-12-2-3-13-21)17-6-4-15(5-7-17)16-8-10-20-11-9-16/h4-11,18-19H,2-3,12-14H2,1H3. The van der Waals surface area contributed by atoms with Gasteiger partial charge in [-0.3, -0.25) is 4.98 Å². The van der Waals surface area contributed by atoms with Crippen LogP contribution in [0.3, 0.4) is 0 Å². The van der Waals surface area contributed by atoms with Crippen molar-refractivity contribution in [2.45, 2.75) is 18.9 Å². The average Bonchev–Trinajstić information content (AvgIpc) is 3.07. The van der Waals surface area contributed by atoms with Crippen LogP contribution < -0.4 is 5.32 Å². The molecule has 2 heterocycles. The number of nitrogens with zero attached hydrogens (tertiary/aromatic N) is 2. The van der Waals surface area contributed by atoms with E-state index in [4.69, 9.17) is 0 Å². The van der Waals surface area contributed by atoms with Crippen LogP contribution in [0.15, 0.2) is 48.8 Å². The van der Waals surface area contributed by atoms with Crippen molar-refractivity contribution in [3.63, 3.8) is 0 Å². The minimum absolute atomic E-state index is 0.412.